The van der Waals surface area contributed by atoms with Crippen molar-refractivity contribution < 1.29 is 13.2 Å². The van der Waals surface area contributed by atoms with E-state index in [0.29, 0.717) is 6.54 Å². The van der Waals surface area contributed by atoms with Crippen LogP contribution in [-0.4, -0.2) is 49.2 Å². The number of methoxy groups -OCH3 is 1. The monoisotopic (exact) mass is 402 g/mol. The molecule has 5 nitrogen and oxygen atoms in total. The third-order valence-electron chi connectivity index (χ3n) is 4.96. The van der Waals surface area contributed by atoms with E-state index >= 15 is 0 Å². The number of hydrogen-bond acceptors (Lipinski definition) is 6. The number of benzene rings is 2. The van der Waals surface area contributed by atoms with Crippen molar-refractivity contribution in [3.8, 4) is 5.75 Å². The molecule has 0 bridgehead atoms. The fraction of sp³-hybridized carbons (Fsp3) is 0.350. The minimum atomic E-state index is -3.03. The first kappa shape index (κ1) is 18.4. The van der Waals surface area contributed by atoms with Crippen LogP contribution >= 0.6 is 11.8 Å². The quantitative estimate of drug-likeness (QED) is 0.770. The maximum absolute atomic E-state index is 12.1. The Labute approximate surface area is 164 Å². The molecule has 0 radical (unpaired) electrons. The average Bonchev–Trinajstić information content (AvgIpc) is 3.13. The molecule has 2 aliphatic rings. The molecule has 2 unspecified atom stereocenters. The number of sulfone groups is 1. The van der Waals surface area contributed by atoms with Gasteiger partial charge < -0.3 is 9.64 Å². The second-order valence-electron chi connectivity index (χ2n) is 6.84. The Morgan fingerprint density at radius 3 is 2.63 bits per heavy atom. The number of thioether (sulfide) groups is 1. The number of amidine groups is 1. The van der Waals surface area contributed by atoms with Gasteiger partial charge in [-0.25, -0.2) is 8.42 Å². The first-order valence-corrected chi connectivity index (χ1v) is 11.7. The van der Waals surface area contributed by atoms with Crippen molar-refractivity contribution in [3.63, 3.8) is 0 Å². The molecule has 2 aromatic carbocycles. The van der Waals surface area contributed by atoms with Crippen LogP contribution in [-0.2, 0) is 22.1 Å². The van der Waals surface area contributed by atoms with Crippen LogP contribution in [0.1, 0.15) is 11.1 Å². The lowest BCUT2D eigenvalue weighted by molar-refractivity contribution is 0.332. The largest absolute Gasteiger partial charge is 0.496 e. The van der Waals surface area contributed by atoms with Gasteiger partial charge in [0.15, 0.2) is 15.0 Å². The van der Waals surface area contributed by atoms with Crippen LogP contribution in [0.5, 0.6) is 5.75 Å². The van der Waals surface area contributed by atoms with Crippen molar-refractivity contribution in [1.29, 1.82) is 0 Å². The maximum atomic E-state index is 12.1. The van der Waals surface area contributed by atoms with Gasteiger partial charge in [0.1, 0.15) is 5.75 Å². The highest BCUT2D eigenvalue weighted by Gasteiger charge is 2.46. The molecule has 2 heterocycles. The summed E-state index contributed by atoms with van der Waals surface area (Å²) < 4.78 is 29.7. The molecule has 7 heteroatoms. The van der Waals surface area contributed by atoms with E-state index in [-0.39, 0.29) is 23.6 Å². The summed E-state index contributed by atoms with van der Waals surface area (Å²) in [6.45, 7) is 0.599. The molecule has 1 saturated heterocycles. The van der Waals surface area contributed by atoms with E-state index in [0.717, 1.165) is 22.2 Å². The lowest BCUT2D eigenvalue weighted by Crippen LogP contribution is -2.38. The summed E-state index contributed by atoms with van der Waals surface area (Å²) in [7, 11) is -1.37. The molecule has 2 aromatic rings. The number of hydrogen-bond donors (Lipinski definition) is 0. The molecule has 2 atom stereocenters. The van der Waals surface area contributed by atoms with Crippen molar-refractivity contribution in [2.45, 2.75) is 24.4 Å². The summed E-state index contributed by atoms with van der Waals surface area (Å²) in [6.07, 6.45) is 0. The van der Waals surface area contributed by atoms with Gasteiger partial charge in [0.25, 0.3) is 0 Å². The summed E-state index contributed by atoms with van der Waals surface area (Å²) in [5.41, 5.74) is 2.27. The Morgan fingerprint density at radius 2 is 1.85 bits per heavy atom. The molecule has 1 fully saturated rings. The minimum Gasteiger partial charge on any atom is -0.496 e. The van der Waals surface area contributed by atoms with Gasteiger partial charge in [-0.15, -0.1) is 0 Å². The third-order valence-corrected chi connectivity index (χ3v) is 7.73. The highest BCUT2D eigenvalue weighted by Crippen LogP contribution is 2.34. The fourth-order valence-electron chi connectivity index (χ4n) is 3.63. The fourth-order valence-corrected chi connectivity index (χ4v) is 6.57. The lowest BCUT2D eigenvalue weighted by Gasteiger charge is -2.27. The second kappa shape index (κ2) is 7.56. The third kappa shape index (κ3) is 3.99. The zero-order valence-corrected chi connectivity index (χ0v) is 16.7. The van der Waals surface area contributed by atoms with Crippen LogP contribution in [0.2, 0.25) is 0 Å². The summed E-state index contributed by atoms with van der Waals surface area (Å²) >= 11 is 1.68. The summed E-state index contributed by atoms with van der Waals surface area (Å²) in [4.78, 5) is 6.93. The summed E-state index contributed by atoms with van der Waals surface area (Å²) in [6, 6.07) is 17.9. The van der Waals surface area contributed by atoms with E-state index in [1.165, 1.54) is 5.56 Å². The molecule has 0 aliphatic carbocycles. The first-order valence-electron chi connectivity index (χ1n) is 8.89. The second-order valence-corrected chi connectivity index (χ2v) is 9.93. The number of fused-ring (bicyclic) bond motifs is 1. The molecule has 0 saturated carbocycles. The molecule has 27 heavy (non-hydrogen) atoms. The normalized spacial score (nSPS) is 23.1. The SMILES string of the molecule is COc1ccccc1CN1C(SCc2ccccc2)=NC2CS(=O)(=O)CC21. The number of rotatable bonds is 5. The Morgan fingerprint density at radius 1 is 1.11 bits per heavy atom. The predicted octanol–water partition coefficient (Wildman–Crippen LogP) is 2.97. The van der Waals surface area contributed by atoms with E-state index in [2.05, 4.69) is 17.0 Å². The van der Waals surface area contributed by atoms with E-state index in [1.807, 2.05) is 42.5 Å². The molecule has 0 aromatic heterocycles. The molecule has 0 N–H and O–H groups in total. The number of para-hydroxylation sites is 1. The van der Waals surface area contributed by atoms with Crippen molar-refractivity contribution in [2.75, 3.05) is 18.6 Å². The van der Waals surface area contributed by atoms with Crippen LogP contribution in [0, 0.1) is 0 Å². The van der Waals surface area contributed by atoms with Gasteiger partial charge >= 0.3 is 0 Å². The Balaban J connectivity index is 1.58. The Kier molecular flexibility index (Phi) is 5.14. The van der Waals surface area contributed by atoms with Gasteiger partial charge in [-0.2, -0.15) is 0 Å². The summed E-state index contributed by atoms with van der Waals surface area (Å²) in [5.74, 6) is 1.95. The number of ether oxygens (including phenoxy) is 1. The van der Waals surface area contributed by atoms with Gasteiger partial charge in [-0.05, 0) is 11.6 Å². The average molecular weight is 403 g/mol. The number of aliphatic imine (C=N–C) groups is 1. The van der Waals surface area contributed by atoms with Crippen molar-refractivity contribution in [2.24, 2.45) is 4.99 Å². The highest BCUT2D eigenvalue weighted by atomic mass is 32.2. The number of nitrogens with zero attached hydrogens (tertiary/aromatic N) is 2. The van der Waals surface area contributed by atoms with Crippen LogP contribution in [0.15, 0.2) is 59.6 Å². The van der Waals surface area contributed by atoms with E-state index in [1.54, 1.807) is 18.9 Å². The van der Waals surface area contributed by atoms with Gasteiger partial charge in [0, 0.05) is 17.9 Å². The van der Waals surface area contributed by atoms with Crippen LogP contribution in [0.25, 0.3) is 0 Å². The van der Waals surface area contributed by atoms with E-state index in [9.17, 15) is 8.42 Å². The van der Waals surface area contributed by atoms with Crippen molar-refractivity contribution in [1.82, 2.24) is 4.90 Å². The molecule has 0 spiro atoms. The topological polar surface area (TPSA) is 59.0 Å². The zero-order valence-electron chi connectivity index (χ0n) is 15.1. The Hall–Kier alpha value is -1.99. The van der Waals surface area contributed by atoms with Gasteiger partial charge in [-0.3, -0.25) is 4.99 Å². The van der Waals surface area contributed by atoms with Gasteiger partial charge in [0.05, 0.1) is 30.7 Å². The predicted molar refractivity (Wildman–Crippen MR) is 110 cm³/mol. The maximum Gasteiger partial charge on any atom is 0.160 e. The zero-order chi connectivity index (χ0) is 18.9. The Bertz CT molecular complexity index is 945. The van der Waals surface area contributed by atoms with Gasteiger partial charge in [-0.1, -0.05) is 60.3 Å². The van der Waals surface area contributed by atoms with Crippen LogP contribution in [0.4, 0.5) is 0 Å². The molecule has 0 amide bonds. The summed E-state index contributed by atoms with van der Waals surface area (Å²) in [5, 5.41) is 0.926. The molecule has 4 rings (SSSR count). The van der Waals surface area contributed by atoms with Crippen LogP contribution in [0.3, 0.4) is 0 Å². The minimum absolute atomic E-state index is 0.0850. The van der Waals surface area contributed by atoms with Gasteiger partial charge in [0.2, 0.25) is 0 Å². The van der Waals surface area contributed by atoms with E-state index < -0.39 is 9.84 Å². The van der Waals surface area contributed by atoms with Crippen molar-refractivity contribution in [3.05, 3.63) is 65.7 Å². The molecule has 2 aliphatic heterocycles. The highest BCUT2D eigenvalue weighted by molar-refractivity contribution is 8.13. The molecular formula is C20H22N2O3S2. The molecule has 142 valence electrons. The van der Waals surface area contributed by atoms with E-state index in [4.69, 9.17) is 9.73 Å². The standard InChI is InChI=1S/C20H22N2O3S2/c1-25-19-10-6-5-9-16(19)11-22-18-14-27(23,24)13-17(18)21-20(22)26-12-15-7-3-2-4-8-15/h2-10,17-18H,11-14H2,1H3. The lowest BCUT2D eigenvalue weighted by atomic mass is 10.1. The first-order chi connectivity index (χ1) is 13.1. The molecular weight excluding hydrogens is 380 g/mol. The van der Waals surface area contributed by atoms with Crippen molar-refractivity contribution >= 4 is 26.8 Å². The van der Waals surface area contributed by atoms with Crippen LogP contribution < -0.4 is 4.74 Å². The smallest absolute Gasteiger partial charge is 0.160 e.